The summed E-state index contributed by atoms with van der Waals surface area (Å²) in [5.74, 6) is -0.335. The molecule has 1 amide bonds. The van der Waals surface area contributed by atoms with E-state index in [1.165, 1.54) is 0 Å². The van der Waals surface area contributed by atoms with E-state index in [-0.39, 0.29) is 11.8 Å². The van der Waals surface area contributed by atoms with Gasteiger partial charge in [0.2, 0.25) is 5.91 Å². The summed E-state index contributed by atoms with van der Waals surface area (Å²) >= 11 is 6.16. The first-order valence-corrected chi connectivity index (χ1v) is 6.79. The lowest BCUT2D eigenvalue weighted by atomic mass is 9.92. The number of carbonyl (C=O) groups is 1. The molecule has 0 bridgehead atoms. The number of H-pyrrole nitrogens is 1. The lowest BCUT2D eigenvalue weighted by Crippen LogP contribution is -2.12. The minimum absolute atomic E-state index is 0.0298. The summed E-state index contributed by atoms with van der Waals surface area (Å²) in [6.45, 7) is 0. The molecule has 1 unspecified atom stereocenters. The maximum atomic E-state index is 12.3. The quantitative estimate of drug-likeness (QED) is 0.698. The number of rotatable bonds is 1. The van der Waals surface area contributed by atoms with Gasteiger partial charge < -0.3 is 10.3 Å². The van der Waals surface area contributed by atoms with E-state index in [1.807, 2.05) is 42.6 Å². The van der Waals surface area contributed by atoms with Crippen LogP contribution in [0.5, 0.6) is 0 Å². The third-order valence-corrected chi connectivity index (χ3v) is 4.11. The van der Waals surface area contributed by atoms with E-state index in [9.17, 15) is 4.79 Å². The Morgan fingerprint density at radius 3 is 2.75 bits per heavy atom. The van der Waals surface area contributed by atoms with Crippen LogP contribution >= 0.6 is 11.6 Å². The van der Waals surface area contributed by atoms with E-state index in [1.54, 1.807) is 6.07 Å². The molecule has 2 heterocycles. The van der Waals surface area contributed by atoms with Gasteiger partial charge in [0, 0.05) is 17.1 Å². The monoisotopic (exact) mass is 282 g/mol. The maximum absolute atomic E-state index is 12.3. The van der Waals surface area contributed by atoms with Gasteiger partial charge in [-0.05, 0) is 23.3 Å². The van der Waals surface area contributed by atoms with Gasteiger partial charge in [-0.1, -0.05) is 41.9 Å². The van der Waals surface area contributed by atoms with E-state index in [0.717, 1.165) is 27.7 Å². The lowest BCUT2D eigenvalue weighted by molar-refractivity contribution is -0.116. The van der Waals surface area contributed by atoms with Crippen molar-refractivity contribution < 1.29 is 4.79 Å². The van der Waals surface area contributed by atoms with E-state index in [0.29, 0.717) is 5.02 Å². The maximum Gasteiger partial charge on any atom is 0.236 e. The first-order valence-electron chi connectivity index (χ1n) is 6.41. The van der Waals surface area contributed by atoms with Crippen LogP contribution < -0.4 is 5.32 Å². The van der Waals surface area contributed by atoms with Crippen LogP contribution in [0.3, 0.4) is 0 Å². The zero-order valence-electron chi connectivity index (χ0n) is 10.5. The number of aromatic amines is 1. The normalized spacial score (nSPS) is 17.2. The smallest absolute Gasteiger partial charge is 0.236 e. The molecule has 1 aliphatic rings. The van der Waals surface area contributed by atoms with Gasteiger partial charge in [-0.25, -0.2) is 0 Å². The Hall–Kier alpha value is -2.26. The molecule has 0 spiro atoms. The fourth-order valence-electron chi connectivity index (χ4n) is 2.89. The van der Waals surface area contributed by atoms with Gasteiger partial charge in [0.25, 0.3) is 0 Å². The standard InChI is InChI=1S/C16H11ClN2O/c17-12-6-3-5-10-14(16(20)19-15(10)12)11-8-18-13-7-2-1-4-9(11)13/h1-8,14,18H,(H,19,20). The molecule has 20 heavy (non-hydrogen) atoms. The predicted molar refractivity (Wildman–Crippen MR) is 80.2 cm³/mol. The average molecular weight is 283 g/mol. The number of aromatic nitrogens is 1. The fourth-order valence-corrected chi connectivity index (χ4v) is 3.12. The Labute approximate surface area is 120 Å². The van der Waals surface area contributed by atoms with Gasteiger partial charge in [-0.3, -0.25) is 4.79 Å². The van der Waals surface area contributed by atoms with Gasteiger partial charge in [-0.2, -0.15) is 0 Å². The van der Waals surface area contributed by atoms with Crippen LogP contribution in [-0.2, 0) is 4.79 Å². The van der Waals surface area contributed by atoms with E-state index in [2.05, 4.69) is 10.3 Å². The summed E-state index contributed by atoms with van der Waals surface area (Å²) in [6.07, 6.45) is 1.91. The zero-order chi connectivity index (χ0) is 13.7. The SMILES string of the molecule is O=C1Nc2c(Cl)cccc2C1c1c[nH]c2ccccc12. The molecule has 0 aliphatic carbocycles. The summed E-state index contributed by atoms with van der Waals surface area (Å²) in [4.78, 5) is 15.6. The first-order chi connectivity index (χ1) is 9.75. The number of para-hydroxylation sites is 2. The highest BCUT2D eigenvalue weighted by atomic mass is 35.5. The highest BCUT2D eigenvalue weighted by Gasteiger charge is 2.34. The van der Waals surface area contributed by atoms with Gasteiger partial charge in [0.05, 0.1) is 16.6 Å². The number of benzene rings is 2. The van der Waals surface area contributed by atoms with E-state index < -0.39 is 0 Å². The van der Waals surface area contributed by atoms with Crippen molar-refractivity contribution in [3.63, 3.8) is 0 Å². The zero-order valence-corrected chi connectivity index (χ0v) is 11.2. The molecule has 3 nitrogen and oxygen atoms in total. The second-order valence-electron chi connectivity index (χ2n) is 4.92. The van der Waals surface area contributed by atoms with Gasteiger partial charge >= 0.3 is 0 Å². The Morgan fingerprint density at radius 2 is 1.85 bits per heavy atom. The fraction of sp³-hybridized carbons (Fsp3) is 0.0625. The second-order valence-corrected chi connectivity index (χ2v) is 5.32. The molecule has 1 aromatic heterocycles. The Balaban J connectivity index is 1.96. The highest BCUT2D eigenvalue weighted by molar-refractivity contribution is 6.34. The van der Waals surface area contributed by atoms with Crippen molar-refractivity contribution in [2.24, 2.45) is 0 Å². The molecule has 1 aliphatic heterocycles. The molecule has 0 fully saturated rings. The van der Waals surface area contributed by atoms with Crippen molar-refractivity contribution in [3.05, 3.63) is 64.8 Å². The van der Waals surface area contributed by atoms with Gasteiger partial charge in [0.1, 0.15) is 0 Å². The number of halogens is 1. The minimum atomic E-state index is -0.306. The van der Waals surface area contributed by atoms with Gasteiger partial charge in [-0.15, -0.1) is 0 Å². The number of amides is 1. The van der Waals surface area contributed by atoms with Crippen LogP contribution in [0.15, 0.2) is 48.7 Å². The Morgan fingerprint density at radius 1 is 1.00 bits per heavy atom. The first kappa shape index (κ1) is 11.6. The van der Waals surface area contributed by atoms with Crippen molar-refractivity contribution >= 4 is 34.1 Å². The molecule has 0 radical (unpaired) electrons. The molecule has 3 aromatic rings. The van der Waals surface area contributed by atoms with Crippen molar-refractivity contribution in [2.75, 3.05) is 5.32 Å². The molecule has 2 N–H and O–H groups in total. The summed E-state index contributed by atoms with van der Waals surface area (Å²) < 4.78 is 0. The molecule has 98 valence electrons. The van der Waals surface area contributed by atoms with Crippen LogP contribution in [0.4, 0.5) is 5.69 Å². The number of fused-ring (bicyclic) bond motifs is 2. The summed E-state index contributed by atoms with van der Waals surface area (Å²) in [6, 6.07) is 13.6. The van der Waals surface area contributed by atoms with Gasteiger partial charge in [0.15, 0.2) is 0 Å². The summed E-state index contributed by atoms with van der Waals surface area (Å²) in [5.41, 5.74) is 3.69. The molecule has 1 atom stereocenters. The largest absolute Gasteiger partial charge is 0.361 e. The molecule has 4 heteroatoms. The number of nitrogens with one attached hydrogen (secondary N) is 2. The Kier molecular flexibility index (Phi) is 2.38. The predicted octanol–water partition coefficient (Wildman–Crippen LogP) is 3.91. The Bertz CT molecular complexity index is 837. The van der Waals surface area contributed by atoms with Crippen LogP contribution in [0.1, 0.15) is 17.0 Å². The molecular formula is C16H11ClN2O. The third-order valence-electron chi connectivity index (χ3n) is 3.80. The number of carbonyl (C=O) groups excluding carboxylic acids is 1. The topological polar surface area (TPSA) is 44.9 Å². The van der Waals surface area contributed by atoms with Crippen molar-refractivity contribution in [1.29, 1.82) is 0 Å². The second kappa shape index (κ2) is 4.12. The van der Waals surface area contributed by atoms with Crippen LogP contribution in [0, 0.1) is 0 Å². The number of anilines is 1. The van der Waals surface area contributed by atoms with E-state index in [4.69, 9.17) is 11.6 Å². The van der Waals surface area contributed by atoms with Crippen molar-refractivity contribution in [1.82, 2.24) is 4.98 Å². The molecule has 4 rings (SSSR count). The number of hydrogen-bond acceptors (Lipinski definition) is 1. The van der Waals surface area contributed by atoms with E-state index >= 15 is 0 Å². The summed E-state index contributed by atoms with van der Waals surface area (Å²) in [5, 5.41) is 4.54. The lowest BCUT2D eigenvalue weighted by Gasteiger charge is -2.07. The molecular weight excluding hydrogens is 272 g/mol. The molecule has 0 saturated carbocycles. The van der Waals surface area contributed by atoms with Crippen molar-refractivity contribution in [3.8, 4) is 0 Å². The third kappa shape index (κ3) is 1.50. The van der Waals surface area contributed by atoms with Crippen LogP contribution in [-0.4, -0.2) is 10.9 Å². The van der Waals surface area contributed by atoms with Crippen molar-refractivity contribution in [2.45, 2.75) is 5.92 Å². The average Bonchev–Trinajstić information content (AvgIpc) is 3.00. The van der Waals surface area contributed by atoms with Crippen LogP contribution in [0.2, 0.25) is 5.02 Å². The number of hydrogen-bond donors (Lipinski definition) is 2. The minimum Gasteiger partial charge on any atom is -0.361 e. The van der Waals surface area contributed by atoms with Crippen LogP contribution in [0.25, 0.3) is 10.9 Å². The summed E-state index contributed by atoms with van der Waals surface area (Å²) in [7, 11) is 0. The highest BCUT2D eigenvalue weighted by Crippen LogP contribution is 2.42. The molecule has 2 aromatic carbocycles. The molecule has 0 saturated heterocycles.